The van der Waals surface area contributed by atoms with Crippen LogP contribution in [0.15, 0.2) is 59.3 Å². The van der Waals surface area contributed by atoms with Gasteiger partial charge in [-0.05, 0) is 71.7 Å². The monoisotopic (exact) mass is 579 g/mol. The second-order valence-electron chi connectivity index (χ2n) is 9.50. The van der Waals surface area contributed by atoms with Crippen LogP contribution >= 0.6 is 15.9 Å². The van der Waals surface area contributed by atoms with Crippen molar-refractivity contribution in [3.05, 3.63) is 76.3 Å². The van der Waals surface area contributed by atoms with E-state index in [9.17, 15) is 4.39 Å². The number of benzene rings is 3. The quantitative estimate of drug-likeness (QED) is 0.298. The SMILES string of the molecule is COc1cc2ncnc3c2cc1OCCCN(c1ccccc1C)CCN(C)Cc1cc(F)c(Br)cc1N3. The van der Waals surface area contributed by atoms with Crippen molar-refractivity contribution in [3.8, 4) is 11.5 Å². The van der Waals surface area contributed by atoms with Crippen LogP contribution in [-0.2, 0) is 6.54 Å². The van der Waals surface area contributed by atoms with Gasteiger partial charge in [-0.3, -0.25) is 0 Å². The van der Waals surface area contributed by atoms with E-state index in [2.05, 4.69) is 79.3 Å². The molecule has 0 saturated heterocycles. The van der Waals surface area contributed by atoms with Gasteiger partial charge in [0, 0.05) is 49.0 Å². The number of aromatic nitrogens is 2. The van der Waals surface area contributed by atoms with E-state index >= 15 is 0 Å². The molecule has 1 aliphatic rings. The molecule has 1 N–H and O–H groups in total. The highest BCUT2D eigenvalue weighted by molar-refractivity contribution is 9.10. The topological polar surface area (TPSA) is 62.8 Å². The summed E-state index contributed by atoms with van der Waals surface area (Å²) in [5, 5.41) is 4.22. The second-order valence-corrected chi connectivity index (χ2v) is 10.4. The number of ether oxygens (including phenoxy) is 2. The molecule has 9 heteroatoms. The van der Waals surface area contributed by atoms with Gasteiger partial charge in [-0.2, -0.15) is 0 Å². The molecule has 0 saturated carbocycles. The molecule has 198 valence electrons. The predicted octanol–water partition coefficient (Wildman–Crippen LogP) is 6.31. The van der Waals surface area contributed by atoms with Crippen LogP contribution in [0.25, 0.3) is 10.9 Å². The Labute approximate surface area is 230 Å². The van der Waals surface area contributed by atoms with Crippen molar-refractivity contribution >= 4 is 44.0 Å². The molecule has 4 aromatic rings. The van der Waals surface area contributed by atoms with Gasteiger partial charge in [-0.25, -0.2) is 14.4 Å². The molecule has 2 bridgehead atoms. The third kappa shape index (κ3) is 5.68. The smallest absolute Gasteiger partial charge is 0.162 e. The summed E-state index contributed by atoms with van der Waals surface area (Å²) in [4.78, 5) is 13.5. The van der Waals surface area contributed by atoms with Gasteiger partial charge in [0.2, 0.25) is 0 Å². The molecular weight excluding hydrogens is 549 g/mol. The standard InChI is InChI=1S/C29H31BrFN5O2/c1-19-7-4-5-8-26(19)36-9-6-12-38-28-14-21-25(16-27(28)37-3)32-18-33-29(21)34-24-15-22(30)23(31)13-20(24)17-35(2)10-11-36/h4-5,7-8,13-16,18H,6,9-12,17H2,1-3H3,(H,32,33,34). The normalized spacial score (nSPS) is 15.1. The van der Waals surface area contributed by atoms with E-state index < -0.39 is 0 Å². The Bertz CT molecular complexity index is 1450. The Morgan fingerprint density at radius 3 is 2.74 bits per heavy atom. The molecule has 1 aromatic heterocycles. The number of hydrogen-bond donors (Lipinski definition) is 1. The molecule has 3 aromatic carbocycles. The summed E-state index contributed by atoms with van der Waals surface area (Å²) in [6, 6.07) is 15.5. The Hall–Kier alpha value is -3.43. The first-order valence-corrected chi connectivity index (χ1v) is 13.4. The number of methoxy groups -OCH3 is 1. The van der Waals surface area contributed by atoms with Crippen LogP contribution < -0.4 is 19.7 Å². The minimum atomic E-state index is -0.303. The first-order chi connectivity index (χ1) is 18.4. The number of hydrogen-bond acceptors (Lipinski definition) is 7. The highest BCUT2D eigenvalue weighted by Gasteiger charge is 2.17. The molecule has 0 spiro atoms. The van der Waals surface area contributed by atoms with Gasteiger partial charge in [-0.15, -0.1) is 0 Å². The predicted molar refractivity (Wildman–Crippen MR) is 153 cm³/mol. The van der Waals surface area contributed by atoms with Gasteiger partial charge in [-0.1, -0.05) is 18.2 Å². The van der Waals surface area contributed by atoms with Crippen LogP contribution in [0.5, 0.6) is 11.5 Å². The van der Waals surface area contributed by atoms with Crippen molar-refractivity contribution in [2.75, 3.05) is 50.6 Å². The van der Waals surface area contributed by atoms with E-state index in [0.29, 0.717) is 34.9 Å². The van der Waals surface area contributed by atoms with Gasteiger partial charge in [0.05, 0.1) is 23.7 Å². The number of nitrogens with one attached hydrogen (secondary N) is 1. The summed E-state index contributed by atoms with van der Waals surface area (Å²) in [6.07, 6.45) is 2.34. The fourth-order valence-electron chi connectivity index (χ4n) is 4.77. The van der Waals surface area contributed by atoms with Gasteiger partial charge in [0.25, 0.3) is 0 Å². The molecule has 5 rings (SSSR count). The Balaban J connectivity index is 1.57. The van der Waals surface area contributed by atoms with E-state index in [4.69, 9.17) is 9.47 Å². The summed E-state index contributed by atoms with van der Waals surface area (Å²) < 4.78 is 26.9. The molecular formula is C29H31BrFN5O2. The van der Waals surface area contributed by atoms with Crippen molar-refractivity contribution in [1.82, 2.24) is 14.9 Å². The molecule has 38 heavy (non-hydrogen) atoms. The number of anilines is 3. The fraction of sp³-hybridized carbons (Fsp3) is 0.310. The number of rotatable bonds is 2. The van der Waals surface area contributed by atoms with E-state index in [1.165, 1.54) is 17.6 Å². The lowest BCUT2D eigenvalue weighted by Crippen LogP contribution is -2.35. The van der Waals surface area contributed by atoms with Crippen molar-refractivity contribution in [2.24, 2.45) is 0 Å². The van der Waals surface area contributed by atoms with Crippen molar-refractivity contribution in [2.45, 2.75) is 19.9 Å². The van der Waals surface area contributed by atoms with Crippen LogP contribution in [0.4, 0.5) is 21.6 Å². The minimum Gasteiger partial charge on any atom is -0.493 e. The summed E-state index contributed by atoms with van der Waals surface area (Å²) in [7, 11) is 3.68. The third-order valence-electron chi connectivity index (χ3n) is 6.80. The summed E-state index contributed by atoms with van der Waals surface area (Å²) in [5.74, 6) is 1.56. The highest BCUT2D eigenvalue weighted by atomic mass is 79.9. The van der Waals surface area contributed by atoms with Gasteiger partial charge in [0.15, 0.2) is 11.5 Å². The van der Waals surface area contributed by atoms with Crippen LogP contribution in [0.3, 0.4) is 0 Å². The zero-order chi connectivity index (χ0) is 26.6. The third-order valence-corrected chi connectivity index (χ3v) is 7.41. The Kier molecular flexibility index (Phi) is 7.95. The Morgan fingerprint density at radius 2 is 1.92 bits per heavy atom. The van der Waals surface area contributed by atoms with Gasteiger partial charge in [0.1, 0.15) is 18.0 Å². The molecule has 0 radical (unpaired) electrons. The number of para-hydroxylation sites is 1. The second kappa shape index (κ2) is 11.5. The number of fused-ring (bicyclic) bond motifs is 2. The number of halogens is 2. The average molecular weight is 581 g/mol. The average Bonchev–Trinajstić information content (AvgIpc) is 2.91. The Morgan fingerprint density at radius 1 is 1.08 bits per heavy atom. The first-order valence-electron chi connectivity index (χ1n) is 12.6. The lowest BCUT2D eigenvalue weighted by atomic mass is 10.1. The molecule has 0 aliphatic carbocycles. The fourth-order valence-corrected chi connectivity index (χ4v) is 5.11. The zero-order valence-corrected chi connectivity index (χ0v) is 23.4. The number of nitrogens with zero attached hydrogens (tertiary/aromatic N) is 4. The lowest BCUT2D eigenvalue weighted by molar-refractivity contribution is 0.288. The van der Waals surface area contributed by atoms with E-state index in [0.717, 1.165) is 48.2 Å². The molecule has 2 heterocycles. The van der Waals surface area contributed by atoms with Gasteiger partial charge < -0.3 is 24.6 Å². The molecule has 0 amide bonds. The van der Waals surface area contributed by atoms with E-state index in [-0.39, 0.29) is 5.82 Å². The van der Waals surface area contributed by atoms with E-state index in [1.807, 2.05) is 12.1 Å². The largest absolute Gasteiger partial charge is 0.493 e. The zero-order valence-electron chi connectivity index (χ0n) is 21.8. The van der Waals surface area contributed by atoms with Crippen LogP contribution in [0, 0.1) is 12.7 Å². The van der Waals surface area contributed by atoms with Gasteiger partial charge >= 0.3 is 0 Å². The maximum absolute atomic E-state index is 14.7. The molecule has 0 fully saturated rings. The van der Waals surface area contributed by atoms with Crippen LogP contribution in [0.2, 0.25) is 0 Å². The van der Waals surface area contributed by atoms with Crippen molar-refractivity contribution in [1.29, 1.82) is 0 Å². The van der Waals surface area contributed by atoms with Crippen LogP contribution in [0.1, 0.15) is 17.5 Å². The maximum Gasteiger partial charge on any atom is 0.162 e. The van der Waals surface area contributed by atoms with Crippen molar-refractivity contribution in [3.63, 3.8) is 0 Å². The highest BCUT2D eigenvalue weighted by Crippen LogP contribution is 2.36. The molecule has 7 nitrogen and oxygen atoms in total. The maximum atomic E-state index is 14.7. The summed E-state index contributed by atoms with van der Waals surface area (Å²) >= 11 is 3.35. The molecule has 1 aliphatic heterocycles. The van der Waals surface area contributed by atoms with E-state index in [1.54, 1.807) is 19.2 Å². The molecule has 0 unspecified atom stereocenters. The number of aryl methyl sites for hydroxylation is 1. The summed E-state index contributed by atoms with van der Waals surface area (Å²) in [5.41, 5.74) is 4.77. The minimum absolute atomic E-state index is 0.303. The van der Waals surface area contributed by atoms with Crippen LogP contribution in [-0.4, -0.2) is 55.3 Å². The summed E-state index contributed by atoms with van der Waals surface area (Å²) in [6.45, 7) is 5.70. The first kappa shape index (κ1) is 26.2. The van der Waals surface area contributed by atoms with Crippen molar-refractivity contribution < 1.29 is 13.9 Å². The lowest BCUT2D eigenvalue weighted by Gasteiger charge is -2.29. The number of likely N-dealkylation sites (N-methyl/N-ethyl adjacent to an activating group) is 1. The molecule has 0 atom stereocenters.